The number of hydrogen-bond acceptors (Lipinski definition) is 8. The molecule has 48 heavy (non-hydrogen) atoms. The van der Waals surface area contributed by atoms with Gasteiger partial charge in [0.05, 0.1) is 22.7 Å². The molecule has 2 fully saturated rings. The van der Waals surface area contributed by atoms with Gasteiger partial charge in [-0.15, -0.1) is 0 Å². The highest BCUT2D eigenvalue weighted by molar-refractivity contribution is 7.90. The van der Waals surface area contributed by atoms with Gasteiger partial charge in [-0.2, -0.15) is 12.7 Å². The van der Waals surface area contributed by atoms with Crippen molar-refractivity contribution < 1.29 is 47.7 Å². The Morgan fingerprint density at radius 2 is 1.42 bits per heavy atom. The Morgan fingerprint density at radius 3 is 1.96 bits per heavy atom. The molecule has 2 aliphatic heterocycles. The average Bonchev–Trinajstić information content (AvgIpc) is 3.30. The maximum absolute atomic E-state index is 14.1. The summed E-state index contributed by atoms with van der Waals surface area (Å²) in [5.74, 6) is -3.30. The van der Waals surface area contributed by atoms with Crippen molar-refractivity contribution in [1.29, 1.82) is 0 Å². The van der Waals surface area contributed by atoms with Crippen LogP contribution < -0.4 is 15.2 Å². The Labute approximate surface area is 279 Å². The SMILES string of the molecule is COc1ccc(S(=O)(=O)NCCS(=O)(=O)N2[C@@H]3CC[C@H]2CC([C@H](N)Cc2cc(F)c(F)cc2F)C3)cc1.Cc1ccc(S(=O)(=O)O)cc1. The number of nitrogens with one attached hydrogen (secondary N) is 1. The quantitative estimate of drug-likeness (QED) is 0.196. The minimum absolute atomic E-state index is 0.00181. The van der Waals surface area contributed by atoms with Gasteiger partial charge < -0.3 is 10.5 Å². The zero-order valence-corrected chi connectivity index (χ0v) is 28.7. The Balaban J connectivity index is 0.000000401. The van der Waals surface area contributed by atoms with Crippen LogP contribution in [0.3, 0.4) is 0 Å². The van der Waals surface area contributed by atoms with E-state index in [0.717, 1.165) is 11.6 Å². The van der Waals surface area contributed by atoms with Crippen molar-refractivity contribution in [2.75, 3.05) is 19.4 Å². The van der Waals surface area contributed by atoms with E-state index < -0.39 is 59.4 Å². The zero-order chi connectivity index (χ0) is 35.4. The zero-order valence-electron chi connectivity index (χ0n) is 26.2. The molecule has 264 valence electrons. The first-order chi connectivity index (χ1) is 22.4. The molecule has 2 saturated heterocycles. The molecule has 5 rings (SSSR count). The number of aryl methyl sites for hydroxylation is 1. The van der Waals surface area contributed by atoms with Gasteiger partial charge in [0.1, 0.15) is 11.6 Å². The van der Waals surface area contributed by atoms with E-state index in [1.807, 2.05) is 6.92 Å². The minimum atomic E-state index is -4.02. The van der Waals surface area contributed by atoms with Gasteiger partial charge >= 0.3 is 0 Å². The average molecular weight is 734 g/mol. The number of halogens is 3. The van der Waals surface area contributed by atoms with Crippen molar-refractivity contribution in [1.82, 2.24) is 9.03 Å². The molecule has 2 heterocycles. The van der Waals surface area contributed by atoms with Gasteiger partial charge in [0, 0.05) is 30.7 Å². The molecule has 4 atom stereocenters. The van der Waals surface area contributed by atoms with E-state index in [1.165, 1.54) is 47.8 Å². The highest BCUT2D eigenvalue weighted by atomic mass is 32.2. The third kappa shape index (κ3) is 9.34. The van der Waals surface area contributed by atoms with Crippen LogP contribution in [-0.2, 0) is 36.6 Å². The van der Waals surface area contributed by atoms with Crippen molar-refractivity contribution in [2.24, 2.45) is 11.7 Å². The van der Waals surface area contributed by atoms with Crippen LogP contribution in [0, 0.1) is 30.3 Å². The van der Waals surface area contributed by atoms with Crippen molar-refractivity contribution in [3.63, 3.8) is 0 Å². The summed E-state index contributed by atoms with van der Waals surface area (Å²) >= 11 is 0. The summed E-state index contributed by atoms with van der Waals surface area (Å²) in [4.78, 5) is -0.0684. The molecule has 3 aromatic carbocycles. The number of methoxy groups -OCH3 is 1. The number of benzene rings is 3. The molecular weight excluding hydrogens is 696 g/mol. The fourth-order valence-corrected chi connectivity index (χ4v) is 9.58. The minimum Gasteiger partial charge on any atom is -0.497 e. The number of nitrogens with zero attached hydrogens (tertiary/aromatic N) is 1. The second-order valence-corrected chi connectivity index (χ2v) is 17.0. The van der Waals surface area contributed by atoms with Gasteiger partial charge in [-0.3, -0.25) is 4.55 Å². The molecule has 3 aromatic rings. The first-order valence-electron chi connectivity index (χ1n) is 15.0. The second-order valence-electron chi connectivity index (χ2n) is 11.8. The third-order valence-corrected chi connectivity index (χ3v) is 12.8. The summed E-state index contributed by atoms with van der Waals surface area (Å²) in [6.07, 6.45) is 2.21. The van der Waals surface area contributed by atoms with Crippen molar-refractivity contribution in [3.05, 3.63) is 89.2 Å². The van der Waals surface area contributed by atoms with Gasteiger partial charge in [-0.05, 0) is 93.0 Å². The Morgan fingerprint density at radius 1 is 0.875 bits per heavy atom. The van der Waals surface area contributed by atoms with Crippen LogP contribution in [0.2, 0.25) is 0 Å². The Bertz CT molecular complexity index is 1900. The van der Waals surface area contributed by atoms with E-state index in [1.54, 1.807) is 12.1 Å². The number of fused-ring (bicyclic) bond motifs is 2. The number of rotatable bonds is 11. The fourth-order valence-electron chi connectivity index (χ4n) is 6.08. The van der Waals surface area contributed by atoms with Crippen LogP contribution in [0.5, 0.6) is 5.75 Å². The second kappa shape index (κ2) is 15.2. The fraction of sp³-hybridized carbons (Fsp3) is 0.419. The highest BCUT2D eigenvalue weighted by Gasteiger charge is 2.47. The van der Waals surface area contributed by atoms with Gasteiger partial charge in [-0.1, -0.05) is 17.7 Å². The van der Waals surface area contributed by atoms with Crippen molar-refractivity contribution >= 4 is 30.2 Å². The van der Waals surface area contributed by atoms with E-state index in [9.17, 15) is 38.4 Å². The molecule has 0 radical (unpaired) electrons. The van der Waals surface area contributed by atoms with Crippen molar-refractivity contribution in [2.45, 2.75) is 66.9 Å². The lowest BCUT2D eigenvalue weighted by molar-refractivity contribution is 0.170. The topological polar surface area (TPSA) is 173 Å². The van der Waals surface area contributed by atoms with Crippen molar-refractivity contribution in [3.8, 4) is 5.75 Å². The van der Waals surface area contributed by atoms with E-state index in [2.05, 4.69) is 4.72 Å². The van der Waals surface area contributed by atoms with E-state index in [4.69, 9.17) is 15.0 Å². The van der Waals surface area contributed by atoms with E-state index in [0.29, 0.717) is 37.5 Å². The summed E-state index contributed by atoms with van der Waals surface area (Å²) < 4.78 is 131. The molecule has 1 unspecified atom stereocenters. The van der Waals surface area contributed by atoms with Crippen LogP contribution in [0.4, 0.5) is 13.2 Å². The number of nitrogens with two attached hydrogens (primary N) is 1. The molecule has 17 heteroatoms. The molecular formula is C31H38F3N3O8S3. The molecule has 2 aliphatic rings. The molecule has 0 aliphatic carbocycles. The number of sulfonamides is 2. The van der Waals surface area contributed by atoms with E-state index >= 15 is 0 Å². The maximum atomic E-state index is 14.1. The van der Waals surface area contributed by atoms with Gasteiger partial charge in [0.2, 0.25) is 20.0 Å². The van der Waals surface area contributed by atoms with Crippen LogP contribution in [0.25, 0.3) is 0 Å². The molecule has 4 N–H and O–H groups in total. The van der Waals surface area contributed by atoms with Gasteiger partial charge in [0.15, 0.2) is 11.6 Å². The largest absolute Gasteiger partial charge is 0.497 e. The standard InChI is InChI=1S/C24H30F3N3O5S2.C7H8O3S/c1-35-19-4-6-20(7-5-19)37(33,34)29-8-9-36(31,32)30-17-2-3-18(30)11-16(10-17)24(28)13-15-12-22(26)23(27)14-21(15)25;1-6-2-4-7(5-3-6)11(8,9)10/h4-7,12,14,16-18,24,29H,2-3,8-11,13,28H2,1H3;2-5H,1H3,(H,8,9,10)/t16?,17-,18+,24-;/m1./s1. The number of piperidine rings is 1. The van der Waals surface area contributed by atoms with E-state index in [-0.39, 0.29) is 46.3 Å². The van der Waals surface area contributed by atoms with Crippen LogP contribution in [-0.4, -0.2) is 71.6 Å². The van der Waals surface area contributed by atoms with Crippen LogP contribution >= 0.6 is 0 Å². The monoisotopic (exact) mass is 733 g/mol. The summed E-state index contributed by atoms with van der Waals surface area (Å²) in [5.41, 5.74) is 7.25. The summed E-state index contributed by atoms with van der Waals surface area (Å²) in [6.45, 7) is 1.55. The summed E-state index contributed by atoms with van der Waals surface area (Å²) in [5, 5.41) is 0. The molecule has 2 bridgehead atoms. The lowest BCUT2D eigenvalue weighted by Crippen LogP contribution is -2.51. The highest BCUT2D eigenvalue weighted by Crippen LogP contribution is 2.42. The predicted octanol–water partition coefficient (Wildman–Crippen LogP) is 3.78. The summed E-state index contributed by atoms with van der Waals surface area (Å²) in [6, 6.07) is 11.9. The van der Waals surface area contributed by atoms with Gasteiger partial charge in [-0.25, -0.2) is 34.7 Å². The first-order valence-corrected chi connectivity index (χ1v) is 19.5. The Kier molecular flexibility index (Phi) is 12.0. The molecule has 0 aromatic heterocycles. The lowest BCUT2D eigenvalue weighted by atomic mass is 9.83. The lowest BCUT2D eigenvalue weighted by Gasteiger charge is -2.40. The first kappa shape index (κ1) is 37.8. The van der Waals surface area contributed by atoms with Crippen LogP contribution in [0.1, 0.15) is 36.8 Å². The van der Waals surface area contributed by atoms with Gasteiger partial charge in [0.25, 0.3) is 10.1 Å². The number of hydrogen-bond donors (Lipinski definition) is 3. The molecule has 0 spiro atoms. The number of ether oxygens (including phenoxy) is 1. The Hall–Kier alpha value is -3.06. The smallest absolute Gasteiger partial charge is 0.294 e. The third-order valence-electron chi connectivity index (χ3n) is 8.51. The molecule has 0 amide bonds. The normalized spacial score (nSPS) is 20.5. The molecule has 0 saturated carbocycles. The molecule has 11 nitrogen and oxygen atoms in total. The van der Waals surface area contributed by atoms with Crippen LogP contribution in [0.15, 0.2) is 70.5 Å². The summed E-state index contributed by atoms with van der Waals surface area (Å²) in [7, 11) is -10.2. The predicted molar refractivity (Wildman–Crippen MR) is 172 cm³/mol. The maximum Gasteiger partial charge on any atom is 0.294 e.